The zero-order valence-corrected chi connectivity index (χ0v) is 14.6. The van der Waals surface area contributed by atoms with Crippen molar-refractivity contribution in [1.82, 2.24) is 0 Å². The average Bonchev–Trinajstić information content (AvgIpc) is 2.54. The Morgan fingerprint density at radius 3 is 1.87 bits per heavy atom. The first-order chi connectivity index (χ1) is 11.1. The Morgan fingerprint density at radius 1 is 0.957 bits per heavy atom. The van der Waals surface area contributed by atoms with Crippen molar-refractivity contribution in [2.45, 2.75) is 76.4 Å². The van der Waals surface area contributed by atoms with Gasteiger partial charge in [0.15, 0.2) is 6.61 Å². The molecule has 23 heavy (non-hydrogen) atoms. The van der Waals surface area contributed by atoms with Crippen molar-refractivity contribution in [3.8, 4) is 12.3 Å². The molecule has 0 atom stereocenters. The van der Waals surface area contributed by atoms with Gasteiger partial charge in [0.1, 0.15) is 6.16 Å². The number of carbonyl (C=O) groups is 1. The van der Waals surface area contributed by atoms with Crippen molar-refractivity contribution >= 4 is 13.6 Å². The van der Waals surface area contributed by atoms with Crippen LogP contribution < -0.4 is 0 Å². The summed E-state index contributed by atoms with van der Waals surface area (Å²) in [5.74, 6) is 1.62. The van der Waals surface area contributed by atoms with Crippen molar-refractivity contribution in [1.29, 1.82) is 0 Å². The lowest BCUT2D eigenvalue weighted by Gasteiger charge is -2.30. The van der Waals surface area contributed by atoms with Crippen molar-refractivity contribution in [3.05, 3.63) is 0 Å². The lowest BCUT2D eigenvalue weighted by molar-refractivity contribution is -0.139. The molecule has 0 saturated heterocycles. The molecule has 0 N–H and O–H groups in total. The second-order valence-electron chi connectivity index (χ2n) is 6.36. The van der Waals surface area contributed by atoms with Crippen LogP contribution in [0.4, 0.5) is 0 Å². The fourth-order valence-corrected chi connectivity index (χ4v) is 5.16. The van der Waals surface area contributed by atoms with E-state index in [2.05, 4.69) is 5.92 Å². The summed E-state index contributed by atoms with van der Waals surface area (Å²) >= 11 is 0. The summed E-state index contributed by atoms with van der Waals surface area (Å²) < 4.78 is 29.6. The third kappa shape index (κ3) is 6.67. The molecule has 0 aromatic rings. The molecule has 0 bridgehead atoms. The second kappa shape index (κ2) is 9.47. The van der Waals surface area contributed by atoms with Crippen LogP contribution in [0.25, 0.3) is 0 Å². The Hall–Kier alpha value is -0.820. The summed E-state index contributed by atoms with van der Waals surface area (Å²) in [4.78, 5) is 11.9. The molecule has 5 nitrogen and oxygen atoms in total. The van der Waals surface area contributed by atoms with Crippen molar-refractivity contribution in [2.75, 3.05) is 12.8 Å². The summed E-state index contributed by atoms with van der Waals surface area (Å²) in [6.07, 6.45) is 14.7. The quantitative estimate of drug-likeness (QED) is 0.397. The predicted molar refractivity (Wildman–Crippen MR) is 88.2 cm³/mol. The van der Waals surface area contributed by atoms with Crippen molar-refractivity contribution in [2.24, 2.45) is 0 Å². The molecule has 0 aliphatic heterocycles. The monoisotopic (exact) mass is 342 g/mol. The molecule has 0 radical (unpaired) electrons. The lowest BCUT2D eigenvalue weighted by atomic mass is 9.98. The molecule has 2 fully saturated rings. The highest BCUT2D eigenvalue weighted by molar-refractivity contribution is 7.54. The van der Waals surface area contributed by atoms with E-state index in [1.165, 1.54) is 12.8 Å². The molecule has 0 amide bonds. The minimum Gasteiger partial charge on any atom is -0.452 e. The summed E-state index contributed by atoms with van der Waals surface area (Å²) in [6, 6.07) is 0. The van der Waals surface area contributed by atoms with Gasteiger partial charge in [-0.15, -0.1) is 6.42 Å². The van der Waals surface area contributed by atoms with Gasteiger partial charge < -0.3 is 13.8 Å². The first kappa shape index (κ1) is 18.5. The Kier molecular flexibility index (Phi) is 7.62. The molecule has 2 rings (SSSR count). The molecule has 2 aliphatic rings. The van der Waals surface area contributed by atoms with E-state index in [-0.39, 0.29) is 25.0 Å². The summed E-state index contributed by atoms with van der Waals surface area (Å²) in [7, 11) is -3.50. The highest BCUT2D eigenvalue weighted by Gasteiger charge is 2.36. The summed E-state index contributed by atoms with van der Waals surface area (Å²) in [6.45, 7) is -0.119. The second-order valence-corrected chi connectivity index (χ2v) is 8.32. The van der Waals surface area contributed by atoms with Crippen LogP contribution in [0.3, 0.4) is 0 Å². The van der Waals surface area contributed by atoms with Gasteiger partial charge in [0, 0.05) is 0 Å². The minimum absolute atomic E-state index is 0.0846. The maximum Gasteiger partial charge on any atom is 0.342 e. The van der Waals surface area contributed by atoms with E-state index in [4.69, 9.17) is 20.2 Å². The van der Waals surface area contributed by atoms with Gasteiger partial charge in [0.2, 0.25) is 0 Å². The van der Waals surface area contributed by atoms with Crippen LogP contribution in [0.1, 0.15) is 64.2 Å². The van der Waals surface area contributed by atoms with Crippen LogP contribution in [0, 0.1) is 12.3 Å². The van der Waals surface area contributed by atoms with Gasteiger partial charge in [-0.25, -0.2) is 0 Å². The van der Waals surface area contributed by atoms with Crippen LogP contribution in [0.15, 0.2) is 0 Å². The van der Waals surface area contributed by atoms with Crippen LogP contribution in [0.5, 0.6) is 0 Å². The van der Waals surface area contributed by atoms with E-state index in [0.717, 1.165) is 51.4 Å². The SMILES string of the molecule is C#CCOC(=O)CP(=O)(OC1CCCCC1)OC1CCCCC1. The van der Waals surface area contributed by atoms with Gasteiger partial charge in [-0.05, 0) is 25.7 Å². The van der Waals surface area contributed by atoms with Gasteiger partial charge in [0.05, 0.1) is 12.2 Å². The molecule has 130 valence electrons. The summed E-state index contributed by atoms with van der Waals surface area (Å²) in [5, 5.41) is 0. The minimum atomic E-state index is -3.50. The molecule has 2 aliphatic carbocycles. The maximum atomic E-state index is 13.1. The predicted octanol–water partition coefficient (Wildman–Crippen LogP) is 4.05. The van der Waals surface area contributed by atoms with Crippen LogP contribution in [-0.2, 0) is 23.1 Å². The first-order valence-corrected chi connectivity index (χ1v) is 10.4. The topological polar surface area (TPSA) is 61.8 Å². The number of rotatable bonds is 7. The van der Waals surface area contributed by atoms with E-state index in [1.807, 2.05) is 0 Å². The van der Waals surface area contributed by atoms with Crippen molar-refractivity contribution in [3.63, 3.8) is 0 Å². The molecule has 0 spiro atoms. The Morgan fingerprint density at radius 2 is 1.43 bits per heavy atom. The summed E-state index contributed by atoms with van der Waals surface area (Å²) in [5.41, 5.74) is 0. The van der Waals surface area contributed by atoms with E-state index >= 15 is 0 Å². The molecule has 0 unspecified atom stereocenters. The first-order valence-electron chi connectivity index (χ1n) is 8.66. The largest absolute Gasteiger partial charge is 0.452 e. The number of terminal acetylenes is 1. The lowest BCUT2D eigenvalue weighted by Crippen LogP contribution is -2.24. The van der Waals surface area contributed by atoms with Crippen LogP contribution in [0.2, 0.25) is 0 Å². The number of hydrogen-bond donors (Lipinski definition) is 0. The Bertz CT molecular complexity index is 434. The zero-order chi connectivity index (χ0) is 16.5. The molecule has 0 aromatic carbocycles. The van der Waals surface area contributed by atoms with Gasteiger partial charge in [-0.1, -0.05) is 44.4 Å². The van der Waals surface area contributed by atoms with Gasteiger partial charge in [0.25, 0.3) is 0 Å². The average molecular weight is 342 g/mol. The smallest absolute Gasteiger partial charge is 0.342 e. The van der Waals surface area contributed by atoms with E-state index in [1.54, 1.807) is 0 Å². The normalized spacial score (nSPS) is 20.8. The standard InChI is InChI=1S/C17H27O5P/c1-2-13-20-17(18)14-23(19,21-15-9-5-3-6-10-15)22-16-11-7-4-8-12-16/h1,15-16H,3-14H2. The number of hydrogen-bond acceptors (Lipinski definition) is 5. The highest BCUT2D eigenvalue weighted by atomic mass is 31.2. The van der Waals surface area contributed by atoms with E-state index in [9.17, 15) is 9.36 Å². The van der Waals surface area contributed by atoms with E-state index < -0.39 is 13.6 Å². The van der Waals surface area contributed by atoms with Gasteiger partial charge in [-0.2, -0.15) is 0 Å². The van der Waals surface area contributed by atoms with Crippen LogP contribution in [-0.4, -0.2) is 30.9 Å². The fourth-order valence-electron chi connectivity index (χ4n) is 3.22. The van der Waals surface area contributed by atoms with Gasteiger partial charge >= 0.3 is 13.6 Å². The molecule has 6 heteroatoms. The van der Waals surface area contributed by atoms with Crippen LogP contribution >= 0.6 is 7.60 Å². The number of carbonyl (C=O) groups excluding carboxylic acids is 1. The number of esters is 1. The van der Waals surface area contributed by atoms with Crippen molar-refractivity contribution < 1.29 is 23.1 Å². The number of ether oxygens (including phenoxy) is 1. The molecule has 0 heterocycles. The Labute approximate surface area is 139 Å². The molecule has 0 aromatic heterocycles. The van der Waals surface area contributed by atoms with E-state index in [0.29, 0.717) is 0 Å². The third-order valence-corrected chi connectivity index (χ3v) is 6.25. The zero-order valence-electron chi connectivity index (χ0n) is 13.7. The van der Waals surface area contributed by atoms with Gasteiger partial charge in [-0.3, -0.25) is 9.36 Å². The molecular formula is C17H27O5P. The fraction of sp³-hybridized carbons (Fsp3) is 0.824. The highest BCUT2D eigenvalue weighted by Crippen LogP contribution is 2.53. The molecular weight excluding hydrogens is 315 g/mol. The third-order valence-electron chi connectivity index (χ3n) is 4.36. The Balaban J connectivity index is 1.97. The molecule has 2 saturated carbocycles. The maximum absolute atomic E-state index is 13.1.